The molecule has 8 nitrogen and oxygen atoms in total. The van der Waals surface area contributed by atoms with Gasteiger partial charge in [0, 0.05) is 26.7 Å². The molecule has 0 saturated carbocycles. The van der Waals surface area contributed by atoms with Gasteiger partial charge in [-0.2, -0.15) is 5.10 Å². The van der Waals surface area contributed by atoms with Crippen molar-refractivity contribution in [3.8, 4) is 0 Å². The molecule has 1 aromatic heterocycles. The normalized spacial score (nSPS) is 17.6. The molecule has 0 spiro atoms. The second-order valence-electron chi connectivity index (χ2n) is 4.34. The van der Waals surface area contributed by atoms with Crippen LogP contribution in [0.25, 0.3) is 0 Å². The van der Waals surface area contributed by atoms with Gasteiger partial charge in [-0.05, 0) is 6.92 Å². The zero-order chi connectivity index (χ0) is 12.6. The fourth-order valence-corrected chi connectivity index (χ4v) is 1.85. The molecule has 0 radical (unpaired) electrons. The van der Waals surface area contributed by atoms with Gasteiger partial charge in [-0.25, -0.2) is 4.68 Å². The Morgan fingerprint density at radius 3 is 2.82 bits per heavy atom. The van der Waals surface area contributed by atoms with Gasteiger partial charge >= 0.3 is 5.69 Å². The average Bonchev–Trinajstić information content (AvgIpc) is 2.47. The quantitative estimate of drug-likeness (QED) is 0.479. The Bertz CT molecular complexity index is 452. The van der Waals surface area contributed by atoms with Crippen LogP contribution in [0, 0.1) is 17.0 Å². The molecular weight excluding hydrogens is 226 g/mol. The van der Waals surface area contributed by atoms with Crippen molar-refractivity contribution in [3.05, 3.63) is 15.8 Å². The Morgan fingerprint density at radius 1 is 1.71 bits per heavy atom. The summed E-state index contributed by atoms with van der Waals surface area (Å²) in [5, 5.41) is 30.6. The number of anilines is 1. The van der Waals surface area contributed by atoms with Gasteiger partial charge < -0.3 is 15.7 Å². The second-order valence-corrected chi connectivity index (χ2v) is 4.34. The van der Waals surface area contributed by atoms with Crippen molar-refractivity contribution in [1.82, 2.24) is 15.1 Å². The SMILES string of the molecule is Cc1nn(C)c(NCC2(O)CNC2)c1[N+](=O)[O-]. The lowest BCUT2D eigenvalue weighted by Gasteiger charge is -2.37. The molecule has 1 aliphatic rings. The first-order valence-corrected chi connectivity index (χ1v) is 5.28. The van der Waals surface area contributed by atoms with Crippen molar-refractivity contribution in [2.24, 2.45) is 7.05 Å². The number of nitrogens with one attached hydrogen (secondary N) is 2. The molecule has 1 saturated heterocycles. The van der Waals surface area contributed by atoms with E-state index in [4.69, 9.17) is 0 Å². The summed E-state index contributed by atoms with van der Waals surface area (Å²) in [5.74, 6) is 0.327. The molecule has 2 heterocycles. The van der Waals surface area contributed by atoms with E-state index < -0.39 is 10.5 Å². The summed E-state index contributed by atoms with van der Waals surface area (Å²) in [6.45, 7) is 2.83. The highest BCUT2D eigenvalue weighted by atomic mass is 16.6. The highest BCUT2D eigenvalue weighted by Gasteiger charge is 2.35. The lowest BCUT2D eigenvalue weighted by Crippen LogP contribution is -2.63. The van der Waals surface area contributed by atoms with Gasteiger partial charge in [0.25, 0.3) is 0 Å². The number of hydrogen-bond acceptors (Lipinski definition) is 6. The Labute approximate surface area is 97.8 Å². The Morgan fingerprint density at radius 2 is 2.35 bits per heavy atom. The van der Waals surface area contributed by atoms with E-state index in [-0.39, 0.29) is 12.2 Å². The van der Waals surface area contributed by atoms with Crippen LogP contribution in [0.3, 0.4) is 0 Å². The summed E-state index contributed by atoms with van der Waals surface area (Å²) >= 11 is 0. The molecule has 3 N–H and O–H groups in total. The molecule has 0 aliphatic carbocycles. The molecule has 1 aliphatic heterocycles. The summed E-state index contributed by atoms with van der Waals surface area (Å²) in [6.07, 6.45) is 0. The largest absolute Gasteiger partial charge is 0.385 e. The van der Waals surface area contributed by atoms with Gasteiger partial charge in [-0.1, -0.05) is 0 Å². The van der Waals surface area contributed by atoms with E-state index in [0.29, 0.717) is 24.6 Å². The van der Waals surface area contributed by atoms with Crippen LogP contribution in [0.5, 0.6) is 0 Å². The van der Waals surface area contributed by atoms with Crippen molar-refractivity contribution in [3.63, 3.8) is 0 Å². The number of rotatable bonds is 4. The number of nitrogens with zero attached hydrogens (tertiary/aromatic N) is 3. The lowest BCUT2D eigenvalue weighted by molar-refractivity contribution is -0.384. The maximum absolute atomic E-state index is 10.9. The summed E-state index contributed by atoms with van der Waals surface area (Å²) in [5.41, 5.74) is -0.506. The first-order valence-electron chi connectivity index (χ1n) is 5.28. The summed E-state index contributed by atoms with van der Waals surface area (Å²) < 4.78 is 1.42. The van der Waals surface area contributed by atoms with Crippen LogP contribution < -0.4 is 10.6 Å². The van der Waals surface area contributed by atoms with Crippen molar-refractivity contribution >= 4 is 11.5 Å². The second kappa shape index (κ2) is 3.97. The zero-order valence-electron chi connectivity index (χ0n) is 9.73. The minimum absolute atomic E-state index is 0.0385. The van der Waals surface area contributed by atoms with Crippen molar-refractivity contribution in [2.45, 2.75) is 12.5 Å². The zero-order valence-corrected chi connectivity index (χ0v) is 9.73. The number of aromatic nitrogens is 2. The van der Waals surface area contributed by atoms with Crippen molar-refractivity contribution in [1.29, 1.82) is 0 Å². The van der Waals surface area contributed by atoms with E-state index >= 15 is 0 Å². The molecule has 1 fully saturated rings. The number of aryl methyl sites for hydroxylation is 2. The molecular formula is C9H15N5O3. The van der Waals surface area contributed by atoms with Crippen molar-refractivity contribution < 1.29 is 10.0 Å². The van der Waals surface area contributed by atoms with Gasteiger partial charge in [-0.3, -0.25) is 10.1 Å². The summed E-state index contributed by atoms with van der Waals surface area (Å²) in [4.78, 5) is 10.4. The smallest absolute Gasteiger partial charge is 0.333 e. The van der Waals surface area contributed by atoms with Crippen LogP contribution in [0.15, 0.2) is 0 Å². The maximum Gasteiger partial charge on any atom is 0.333 e. The van der Waals surface area contributed by atoms with Crippen LogP contribution in [0.2, 0.25) is 0 Å². The van der Waals surface area contributed by atoms with Crippen LogP contribution in [0.4, 0.5) is 11.5 Å². The van der Waals surface area contributed by atoms with E-state index in [9.17, 15) is 15.2 Å². The van der Waals surface area contributed by atoms with E-state index in [1.54, 1.807) is 14.0 Å². The Kier molecular flexibility index (Phi) is 2.76. The molecule has 0 bridgehead atoms. The molecule has 0 amide bonds. The molecule has 1 aromatic rings. The van der Waals surface area contributed by atoms with Gasteiger partial charge in [0.1, 0.15) is 11.3 Å². The van der Waals surface area contributed by atoms with Gasteiger partial charge in [-0.15, -0.1) is 0 Å². The van der Waals surface area contributed by atoms with E-state index in [2.05, 4.69) is 15.7 Å². The number of nitro groups is 1. The highest BCUT2D eigenvalue weighted by molar-refractivity contribution is 5.59. The predicted octanol–water partition coefficient (Wildman–Crippen LogP) is -0.617. The third kappa shape index (κ3) is 2.08. The monoisotopic (exact) mass is 241 g/mol. The average molecular weight is 241 g/mol. The number of β-amino-alcohol motifs (C(OH)–C–C–N with tert-alkyl or cyclic N) is 1. The molecule has 0 aromatic carbocycles. The minimum atomic E-state index is -0.827. The minimum Gasteiger partial charge on any atom is -0.385 e. The first-order chi connectivity index (χ1) is 7.93. The van der Waals surface area contributed by atoms with Crippen LogP contribution in [0.1, 0.15) is 5.69 Å². The van der Waals surface area contributed by atoms with Gasteiger partial charge in [0.15, 0.2) is 0 Å². The third-order valence-corrected chi connectivity index (χ3v) is 2.87. The molecule has 8 heteroatoms. The number of hydrogen-bond donors (Lipinski definition) is 3. The maximum atomic E-state index is 10.9. The lowest BCUT2D eigenvalue weighted by atomic mass is 9.97. The fraction of sp³-hybridized carbons (Fsp3) is 0.667. The van der Waals surface area contributed by atoms with Crippen molar-refractivity contribution in [2.75, 3.05) is 25.0 Å². The fourth-order valence-electron chi connectivity index (χ4n) is 1.85. The predicted molar refractivity (Wildman–Crippen MR) is 60.9 cm³/mol. The van der Waals surface area contributed by atoms with Crippen LogP contribution in [-0.4, -0.2) is 45.0 Å². The van der Waals surface area contributed by atoms with Crippen LogP contribution >= 0.6 is 0 Å². The highest BCUT2D eigenvalue weighted by Crippen LogP contribution is 2.27. The molecule has 0 unspecified atom stereocenters. The van der Waals surface area contributed by atoms with Gasteiger partial charge in [0.05, 0.1) is 4.92 Å². The molecule has 94 valence electrons. The van der Waals surface area contributed by atoms with Gasteiger partial charge in [0.2, 0.25) is 5.82 Å². The molecule has 17 heavy (non-hydrogen) atoms. The topological polar surface area (TPSA) is 105 Å². The first kappa shape index (κ1) is 11.8. The van der Waals surface area contributed by atoms with E-state index in [1.807, 2.05) is 0 Å². The standard InChI is InChI=1S/C9H15N5O3/c1-6-7(14(16)17)8(13(2)12-6)11-5-9(15)3-10-4-9/h10-11,15H,3-5H2,1-2H3. The van der Waals surface area contributed by atoms with E-state index in [1.165, 1.54) is 4.68 Å². The Balaban J connectivity index is 2.17. The van der Waals surface area contributed by atoms with Crippen LogP contribution in [-0.2, 0) is 7.05 Å². The number of aliphatic hydroxyl groups is 1. The summed E-state index contributed by atoms with van der Waals surface area (Å²) in [7, 11) is 1.63. The molecule has 0 atom stereocenters. The van der Waals surface area contributed by atoms with E-state index in [0.717, 1.165) is 0 Å². The molecule has 2 rings (SSSR count). The summed E-state index contributed by atoms with van der Waals surface area (Å²) in [6, 6.07) is 0. The Hall–Kier alpha value is -1.67. The third-order valence-electron chi connectivity index (χ3n) is 2.87.